The summed E-state index contributed by atoms with van der Waals surface area (Å²) in [7, 11) is -4.40. The molecule has 8 nitrogen and oxygen atoms in total. The van der Waals surface area contributed by atoms with E-state index in [1.165, 1.54) is 89.7 Å². The monoisotopic (exact) mass is 496 g/mol. The maximum Gasteiger partial charge on any atom is 0.472 e. The summed E-state index contributed by atoms with van der Waals surface area (Å²) in [5.41, 5.74) is 0. The standard InChI is InChI=1S/C24H49O8P/c1-2-3-4-5-6-7-8-9-10-11-12-13-14-15-16-17-18-30-20-24(27)22-32-33(28,29)31-21-23(26)19-25/h17-18,23-27H,2-16,19-22H2,1H3,(H,28,29)/b18-17-/t23-,24+/m0/s1. The molecule has 0 aliphatic carbocycles. The van der Waals surface area contributed by atoms with Crippen molar-refractivity contribution in [1.82, 2.24) is 0 Å². The predicted octanol–water partition coefficient (Wildman–Crippen LogP) is 5.24. The van der Waals surface area contributed by atoms with Gasteiger partial charge in [0.2, 0.25) is 0 Å². The van der Waals surface area contributed by atoms with E-state index in [0.717, 1.165) is 12.8 Å². The van der Waals surface area contributed by atoms with Crippen LogP contribution in [0.4, 0.5) is 0 Å². The number of allylic oxidation sites excluding steroid dienone is 1. The Morgan fingerprint density at radius 3 is 1.67 bits per heavy atom. The molecule has 0 aliphatic rings. The van der Waals surface area contributed by atoms with E-state index in [2.05, 4.69) is 16.0 Å². The molecule has 0 bridgehead atoms. The highest BCUT2D eigenvalue weighted by molar-refractivity contribution is 7.47. The van der Waals surface area contributed by atoms with E-state index in [9.17, 15) is 14.6 Å². The Kier molecular flexibility index (Phi) is 22.9. The summed E-state index contributed by atoms with van der Waals surface area (Å²) in [5, 5.41) is 27.4. The lowest BCUT2D eigenvalue weighted by Crippen LogP contribution is -2.22. The van der Waals surface area contributed by atoms with Crippen molar-refractivity contribution in [3.63, 3.8) is 0 Å². The summed E-state index contributed by atoms with van der Waals surface area (Å²) in [6.07, 6.45) is 20.6. The molecule has 0 aromatic heterocycles. The second-order valence-electron chi connectivity index (χ2n) is 8.64. The van der Waals surface area contributed by atoms with E-state index >= 15 is 0 Å². The molecule has 0 heterocycles. The second-order valence-corrected chi connectivity index (χ2v) is 10.1. The average Bonchev–Trinajstić information content (AvgIpc) is 2.80. The molecule has 0 aromatic rings. The van der Waals surface area contributed by atoms with Gasteiger partial charge in [-0.3, -0.25) is 9.05 Å². The smallest absolute Gasteiger partial charge is 0.472 e. The first-order valence-electron chi connectivity index (χ1n) is 12.8. The molecule has 0 fully saturated rings. The Morgan fingerprint density at radius 2 is 1.18 bits per heavy atom. The van der Waals surface area contributed by atoms with Crippen molar-refractivity contribution in [3.8, 4) is 0 Å². The third kappa shape index (κ3) is 24.5. The SMILES string of the molecule is CCCCCCCCCCCCCCCC/C=C\OC[C@@H](O)COP(=O)(O)OC[C@@H](O)CO. The largest absolute Gasteiger partial charge is 0.499 e. The molecule has 4 N–H and O–H groups in total. The molecular weight excluding hydrogens is 447 g/mol. The van der Waals surface area contributed by atoms with Gasteiger partial charge in [-0.15, -0.1) is 0 Å². The highest BCUT2D eigenvalue weighted by atomic mass is 31.2. The van der Waals surface area contributed by atoms with Gasteiger partial charge in [-0.2, -0.15) is 0 Å². The van der Waals surface area contributed by atoms with Crippen LogP contribution in [0, 0.1) is 0 Å². The van der Waals surface area contributed by atoms with Crippen LogP contribution in [-0.2, 0) is 18.3 Å². The second kappa shape index (κ2) is 23.3. The van der Waals surface area contributed by atoms with Crippen LogP contribution in [0.5, 0.6) is 0 Å². The third-order valence-electron chi connectivity index (χ3n) is 5.28. The third-order valence-corrected chi connectivity index (χ3v) is 6.23. The number of aliphatic hydroxyl groups excluding tert-OH is 3. The molecule has 0 spiro atoms. The Labute approximate surface area is 201 Å². The molecule has 0 amide bonds. The lowest BCUT2D eigenvalue weighted by molar-refractivity contribution is 0.0136. The fourth-order valence-corrected chi connectivity index (χ4v) is 4.05. The highest BCUT2D eigenvalue weighted by Gasteiger charge is 2.24. The van der Waals surface area contributed by atoms with Crippen molar-refractivity contribution in [2.24, 2.45) is 0 Å². The van der Waals surface area contributed by atoms with Crippen molar-refractivity contribution in [2.75, 3.05) is 26.4 Å². The van der Waals surface area contributed by atoms with Gasteiger partial charge in [0, 0.05) is 0 Å². The molecule has 0 rings (SSSR count). The van der Waals surface area contributed by atoms with Gasteiger partial charge < -0.3 is 24.9 Å². The van der Waals surface area contributed by atoms with E-state index in [1.807, 2.05) is 6.08 Å². The van der Waals surface area contributed by atoms with Gasteiger partial charge in [-0.25, -0.2) is 4.57 Å². The molecule has 3 atom stereocenters. The molecule has 33 heavy (non-hydrogen) atoms. The fraction of sp³-hybridized carbons (Fsp3) is 0.917. The van der Waals surface area contributed by atoms with Gasteiger partial charge in [0.25, 0.3) is 0 Å². The van der Waals surface area contributed by atoms with Crippen molar-refractivity contribution >= 4 is 7.82 Å². The number of phosphoric ester groups is 1. The number of rotatable bonds is 25. The van der Waals surface area contributed by atoms with Crippen molar-refractivity contribution in [1.29, 1.82) is 0 Å². The van der Waals surface area contributed by atoms with E-state index in [0.29, 0.717) is 0 Å². The van der Waals surface area contributed by atoms with Crippen LogP contribution >= 0.6 is 7.82 Å². The number of ether oxygens (including phenoxy) is 1. The minimum absolute atomic E-state index is 0.0749. The first-order valence-corrected chi connectivity index (χ1v) is 14.3. The molecule has 0 aromatic carbocycles. The molecule has 0 radical (unpaired) electrons. The Balaban J connectivity index is 3.43. The normalized spacial score (nSPS) is 15.5. The average molecular weight is 497 g/mol. The first-order chi connectivity index (χ1) is 15.9. The zero-order valence-corrected chi connectivity index (χ0v) is 21.5. The van der Waals surface area contributed by atoms with Crippen molar-refractivity contribution in [2.45, 2.75) is 115 Å². The maximum absolute atomic E-state index is 11.5. The van der Waals surface area contributed by atoms with Gasteiger partial charge in [0.15, 0.2) is 0 Å². The Bertz CT molecular complexity index is 489. The van der Waals surface area contributed by atoms with Crippen LogP contribution in [0.2, 0.25) is 0 Å². The van der Waals surface area contributed by atoms with Crippen molar-refractivity contribution < 1.29 is 38.6 Å². The number of unbranched alkanes of at least 4 members (excludes halogenated alkanes) is 14. The highest BCUT2D eigenvalue weighted by Crippen LogP contribution is 2.43. The summed E-state index contributed by atoms with van der Waals surface area (Å²) in [5.74, 6) is 0. The zero-order chi connectivity index (χ0) is 24.6. The van der Waals surface area contributed by atoms with Gasteiger partial charge in [-0.05, 0) is 18.9 Å². The Hall–Kier alpha value is -0.470. The summed E-state index contributed by atoms with van der Waals surface area (Å²) < 4.78 is 25.8. The van der Waals surface area contributed by atoms with Crippen LogP contribution in [0.1, 0.15) is 103 Å². The molecule has 0 saturated carbocycles. The van der Waals surface area contributed by atoms with Gasteiger partial charge in [0.05, 0.1) is 26.1 Å². The van der Waals surface area contributed by atoms with E-state index in [4.69, 9.17) is 14.9 Å². The van der Waals surface area contributed by atoms with E-state index in [1.54, 1.807) is 0 Å². The van der Waals surface area contributed by atoms with Gasteiger partial charge in [-0.1, -0.05) is 90.4 Å². The van der Waals surface area contributed by atoms with Crippen LogP contribution in [-0.4, -0.2) is 58.8 Å². The summed E-state index contributed by atoms with van der Waals surface area (Å²) >= 11 is 0. The fourth-order valence-electron chi connectivity index (χ4n) is 3.26. The minimum atomic E-state index is -4.40. The van der Waals surface area contributed by atoms with E-state index < -0.39 is 39.9 Å². The van der Waals surface area contributed by atoms with Crippen LogP contribution in [0.25, 0.3) is 0 Å². The first kappa shape index (κ1) is 32.5. The number of hydrogen-bond acceptors (Lipinski definition) is 7. The van der Waals surface area contributed by atoms with Gasteiger partial charge in [0.1, 0.15) is 18.8 Å². The topological polar surface area (TPSA) is 126 Å². The summed E-state index contributed by atoms with van der Waals surface area (Å²) in [6.45, 7) is 0.597. The molecule has 1 unspecified atom stereocenters. The van der Waals surface area contributed by atoms with Crippen LogP contribution < -0.4 is 0 Å². The summed E-state index contributed by atoms with van der Waals surface area (Å²) in [6, 6.07) is 0. The molecule has 198 valence electrons. The number of hydrogen-bond donors (Lipinski definition) is 4. The van der Waals surface area contributed by atoms with E-state index in [-0.39, 0.29) is 6.61 Å². The maximum atomic E-state index is 11.5. The van der Waals surface area contributed by atoms with Gasteiger partial charge >= 0.3 is 7.82 Å². The Morgan fingerprint density at radius 1 is 0.727 bits per heavy atom. The lowest BCUT2D eigenvalue weighted by atomic mass is 10.0. The molecule has 0 aliphatic heterocycles. The number of phosphoric acid groups is 1. The number of aliphatic hydroxyl groups is 3. The van der Waals surface area contributed by atoms with Crippen LogP contribution in [0.15, 0.2) is 12.3 Å². The van der Waals surface area contributed by atoms with Crippen LogP contribution in [0.3, 0.4) is 0 Å². The molecule has 0 saturated heterocycles. The zero-order valence-electron chi connectivity index (χ0n) is 20.6. The quantitative estimate of drug-likeness (QED) is 0.0768. The van der Waals surface area contributed by atoms with Crippen molar-refractivity contribution in [3.05, 3.63) is 12.3 Å². The summed E-state index contributed by atoms with van der Waals surface area (Å²) in [4.78, 5) is 9.39. The lowest BCUT2D eigenvalue weighted by Gasteiger charge is -2.16. The predicted molar refractivity (Wildman–Crippen MR) is 131 cm³/mol. The minimum Gasteiger partial charge on any atom is -0.499 e. The molecular formula is C24H49O8P. The molecule has 9 heteroatoms.